The summed E-state index contributed by atoms with van der Waals surface area (Å²) in [5, 5.41) is 13.8. The predicted molar refractivity (Wildman–Crippen MR) is 97.3 cm³/mol. The number of amides is 1. The minimum absolute atomic E-state index is 0.0935. The quantitative estimate of drug-likeness (QED) is 0.558. The van der Waals surface area contributed by atoms with Crippen molar-refractivity contribution < 1.29 is 19.4 Å². The van der Waals surface area contributed by atoms with Crippen molar-refractivity contribution in [2.45, 2.75) is 25.4 Å². The highest BCUT2D eigenvalue weighted by Gasteiger charge is 2.34. The Kier molecular flexibility index (Phi) is 5.48. The van der Waals surface area contributed by atoms with Crippen LogP contribution >= 0.6 is 0 Å². The van der Waals surface area contributed by atoms with Crippen molar-refractivity contribution in [2.75, 3.05) is 19.0 Å². The van der Waals surface area contributed by atoms with Gasteiger partial charge in [-0.05, 0) is 30.3 Å². The van der Waals surface area contributed by atoms with Crippen molar-refractivity contribution in [1.82, 2.24) is 0 Å². The predicted octanol–water partition coefficient (Wildman–Crippen LogP) is 1.79. The van der Waals surface area contributed by atoms with E-state index in [2.05, 4.69) is 5.32 Å². The third-order valence-corrected chi connectivity index (χ3v) is 4.51. The highest BCUT2D eigenvalue weighted by Crippen LogP contribution is 2.23. The largest absolute Gasteiger partial charge is 0.497 e. The van der Waals surface area contributed by atoms with Gasteiger partial charge in [-0.2, -0.15) is 0 Å². The normalized spacial score (nSPS) is 14.5. The molecule has 0 saturated heterocycles. The molecule has 1 saturated carbocycles. The van der Waals surface area contributed by atoms with E-state index in [1.165, 1.54) is 11.0 Å². The second kappa shape index (κ2) is 7.97. The topological polar surface area (TPSA) is 85.9 Å². The van der Waals surface area contributed by atoms with Crippen LogP contribution < -0.4 is 15.0 Å². The molecule has 0 spiro atoms. The molecule has 26 heavy (non-hydrogen) atoms. The van der Waals surface area contributed by atoms with Crippen LogP contribution in [0.3, 0.4) is 0 Å². The lowest BCUT2D eigenvalue weighted by Crippen LogP contribution is -3.13. The van der Waals surface area contributed by atoms with Crippen molar-refractivity contribution in [3.05, 3.63) is 64.2 Å². The Balaban J connectivity index is 1.64. The standard InChI is InChI=1S/C19H21N3O4/c1-26-16-10-6-14(7-11-16)12-21(15-8-9-15)13-19(23)20-17-4-2-3-5-18(17)22(24)25/h2-7,10-11,15H,8-9,12-13H2,1H3,(H,20,23)/p+1. The molecule has 1 aliphatic carbocycles. The molecule has 0 heterocycles. The number of carbonyl (C=O) groups excluding carboxylic acids is 1. The van der Waals surface area contributed by atoms with Gasteiger partial charge >= 0.3 is 0 Å². The summed E-state index contributed by atoms with van der Waals surface area (Å²) < 4.78 is 5.17. The molecule has 0 bridgehead atoms. The highest BCUT2D eigenvalue weighted by molar-refractivity contribution is 5.93. The minimum Gasteiger partial charge on any atom is -0.497 e. The average molecular weight is 356 g/mol. The van der Waals surface area contributed by atoms with Gasteiger partial charge in [-0.3, -0.25) is 14.9 Å². The van der Waals surface area contributed by atoms with Crippen molar-refractivity contribution in [2.24, 2.45) is 0 Å². The zero-order valence-electron chi connectivity index (χ0n) is 14.6. The molecule has 2 N–H and O–H groups in total. The van der Waals surface area contributed by atoms with Gasteiger partial charge < -0.3 is 15.0 Å². The number of methoxy groups -OCH3 is 1. The van der Waals surface area contributed by atoms with Crippen LogP contribution in [0.1, 0.15) is 18.4 Å². The molecule has 0 radical (unpaired) electrons. The molecule has 1 unspecified atom stereocenters. The lowest BCUT2D eigenvalue weighted by molar-refractivity contribution is -0.916. The first-order valence-corrected chi connectivity index (χ1v) is 8.57. The maximum Gasteiger partial charge on any atom is 0.292 e. The molecule has 136 valence electrons. The maximum atomic E-state index is 12.4. The zero-order chi connectivity index (χ0) is 18.5. The second-order valence-corrected chi connectivity index (χ2v) is 6.46. The lowest BCUT2D eigenvalue weighted by Gasteiger charge is -2.19. The van der Waals surface area contributed by atoms with Gasteiger partial charge in [-0.25, -0.2) is 0 Å². The first kappa shape index (κ1) is 17.9. The second-order valence-electron chi connectivity index (χ2n) is 6.46. The van der Waals surface area contributed by atoms with Crippen molar-refractivity contribution in [3.8, 4) is 5.75 Å². The van der Waals surface area contributed by atoms with Crippen molar-refractivity contribution in [1.29, 1.82) is 0 Å². The number of benzene rings is 2. The van der Waals surface area contributed by atoms with Gasteiger partial charge in [-0.15, -0.1) is 0 Å². The van der Waals surface area contributed by atoms with Crippen LogP contribution in [0.25, 0.3) is 0 Å². The van der Waals surface area contributed by atoms with Crippen LogP contribution in [0, 0.1) is 10.1 Å². The van der Waals surface area contributed by atoms with E-state index in [1.807, 2.05) is 24.3 Å². The summed E-state index contributed by atoms with van der Waals surface area (Å²) >= 11 is 0. The zero-order valence-corrected chi connectivity index (χ0v) is 14.6. The summed E-state index contributed by atoms with van der Waals surface area (Å²) in [6.07, 6.45) is 2.20. The number of carbonyl (C=O) groups is 1. The van der Waals surface area contributed by atoms with E-state index in [0.29, 0.717) is 6.04 Å². The molecule has 1 fully saturated rings. The van der Waals surface area contributed by atoms with Crippen LogP contribution in [0.2, 0.25) is 0 Å². The molecule has 2 aromatic carbocycles. The lowest BCUT2D eigenvalue weighted by atomic mass is 10.2. The van der Waals surface area contributed by atoms with Gasteiger partial charge in [0.2, 0.25) is 0 Å². The Bertz CT molecular complexity index is 788. The number of quaternary nitrogens is 1. The van der Waals surface area contributed by atoms with Crippen LogP contribution in [0.5, 0.6) is 5.75 Å². The van der Waals surface area contributed by atoms with Gasteiger partial charge in [-0.1, -0.05) is 12.1 Å². The highest BCUT2D eigenvalue weighted by atomic mass is 16.6. The van der Waals surface area contributed by atoms with Crippen LogP contribution in [-0.4, -0.2) is 30.5 Å². The van der Waals surface area contributed by atoms with Gasteiger partial charge in [0.25, 0.3) is 11.6 Å². The number of anilines is 1. The van der Waals surface area contributed by atoms with E-state index < -0.39 is 4.92 Å². The van der Waals surface area contributed by atoms with Gasteiger partial charge in [0.15, 0.2) is 6.54 Å². The number of hydrogen-bond acceptors (Lipinski definition) is 4. The van der Waals surface area contributed by atoms with Crippen LogP contribution in [0.15, 0.2) is 48.5 Å². The first-order chi connectivity index (χ1) is 12.6. The third-order valence-electron chi connectivity index (χ3n) is 4.51. The number of rotatable bonds is 8. The molecule has 7 heteroatoms. The summed E-state index contributed by atoms with van der Waals surface area (Å²) in [6.45, 7) is 1.02. The Hall–Kier alpha value is -2.93. The SMILES string of the molecule is COc1ccc(C[NH+](CC(=O)Nc2ccccc2[N+](=O)[O-])C2CC2)cc1. The summed E-state index contributed by atoms with van der Waals surface area (Å²) in [4.78, 5) is 24.2. The third kappa shape index (κ3) is 4.58. The molecule has 0 aromatic heterocycles. The molecule has 1 amide bonds. The number of ether oxygens (including phenoxy) is 1. The van der Waals surface area contributed by atoms with Gasteiger partial charge in [0.1, 0.15) is 18.0 Å². The fraction of sp³-hybridized carbons (Fsp3) is 0.316. The summed E-state index contributed by atoms with van der Waals surface area (Å²) in [6, 6.07) is 14.5. The van der Waals surface area contributed by atoms with Crippen molar-refractivity contribution >= 4 is 17.3 Å². The summed E-state index contributed by atoms with van der Waals surface area (Å²) in [7, 11) is 1.63. The summed E-state index contributed by atoms with van der Waals surface area (Å²) in [5.74, 6) is 0.588. The van der Waals surface area contributed by atoms with Gasteiger partial charge in [0, 0.05) is 24.5 Å². The van der Waals surface area contributed by atoms with E-state index in [0.717, 1.165) is 30.7 Å². The average Bonchev–Trinajstić information content (AvgIpc) is 3.47. The fourth-order valence-corrected chi connectivity index (χ4v) is 2.99. The molecule has 7 nitrogen and oxygen atoms in total. The molecular formula is C19H22N3O4+. The number of nitro benzene ring substituents is 1. The molecule has 2 aromatic rings. The van der Waals surface area contributed by atoms with Crippen LogP contribution in [0.4, 0.5) is 11.4 Å². The molecule has 1 aliphatic rings. The molecular weight excluding hydrogens is 334 g/mol. The van der Waals surface area contributed by atoms with E-state index in [4.69, 9.17) is 4.74 Å². The smallest absolute Gasteiger partial charge is 0.292 e. The maximum absolute atomic E-state index is 12.4. The Morgan fingerprint density at radius 3 is 2.54 bits per heavy atom. The molecule has 0 aliphatic heterocycles. The Morgan fingerprint density at radius 1 is 1.23 bits per heavy atom. The number of nitrogens with zero attached hydrogens (tertiary/aromatic N) is 1. The van der Waals surface area contributed by atoms with E-state index in [1.54, 1.807) is 25.3 Å². The van der Waals surface area contributed by atoms with E-state index >= 15 is 0 Å². The minimum atomic E-state index is -0.488. The number of para-hydroxylation sites is 2. The van der Waals surface area contributed by atoms with E-state index in [-0.39, 0.29) is 23.8 Å². The Morgan fingerprint density at radius 2 is 1.92 bits per heavy atom. The number of nitro groups is 1. The number of nitrogens with one attached hydrogen (secondary N) is 2. The van der Waals surface area contributed by atoms with Crippen molar-refractivity contribution in [3.63, 3.8) is 0 Å². The molecule has 1 atom stereocenters. The first-order valence-electron chi connectivity index (χ1n) is 8.57. The Labute approximate surface area is 151 Å². The molecule has 3 rings (SSSR count). The number of hydrogen-bond donors (Lipinski definition) is 2. The van der Waals surface area contributed by atoms with Gasteiger partial charge in [0.05, 0.1) is 18.1 Å². The monoisotopic (exact) mass is 356 g/mol. The van der Waals surface area contributed by atoms with Crippen LogP contribution in [-0.2, 0) is 11.3 Å². The van der Waals surface area contributed by atoms with E-state index in [9.17, 15) is 14.9 Å². The fourth-order valence-electron chi connectivity index (χ4n) is 2.99. The summed E-state index contributed by atoms with van der Waals surface area (Å²) in [5.41, 5.74) is 1.28.